The number of hydrogen-bond donors (Lipinski definition) is 1. The third kappa shape index (κ3) is 1.68. The molecule has 5 nitrogen and oxygen atoms in total. The average Bonchev–Trinajstić information content (AvgIpc) is 3.01. The Kier molecular flexibility index (Phi) is 2.67. The first kappa shape index (κ1) is 11.2. The van der Waals surface area contributed by atoms with E-state index >= 15 is 0 Å². The maximum atomic E-state index is 6.26. The fourth-order valence-electron chi connectivity index (χ4n) is 3.36. The van der Waals surface area contributed by atoms with Gasteiger partial charge in [-0.3, -0.25) is 0 Å². The van der Waals surface area contributed by atoms with Gasteiger partial charge in [-0.2, -0.15) is 4.98 Å². The van der Waals surface area contributed by atoms with Crippen LogP contribution in [0.4, 0.5) is 0 Å². The fourth-order valence-corrected chi connectivity index (χ4v) is 3.36. The van der Waals surface area contributed by atoms with Crippen molar-refractivity contribution in [2.24, 2.45) is 17.6 Å². The summed E-state index contributed by atoms with van der Waals surface area (Å²) < 4.78 is 10.6. The van der Waals surface area contributed by atoms with Crippen LogP contribution in [0.2, 0.25) is 0 Å². The molecule has 17 heavy (non-hydrogen) atoms. The Morgan fingerprint density at radius 2 is 2.18 bits per heavy atom. The summed E-state index contributed by atoms with van der Waals surface area (Å²) in [6, 6.07) is 0.194. The van der Waals surface area contributed by atoms with Gasteiger partial charge in [0.15, 0.2) is 5.82 Å². The molecule has 1 heterocycles. The molecule has 2 aliphatic carbocycles. The maximum Gasteiger partial charge on any atom is 0.231 e. The van der Waals surface area contributed by atoms with Gasteiger partial charge < -0.3 is 15.0 Å². The van der Waals surface area contributed by atoms with E-state index in [9.17, 15) is 0 Å². The van der Waals surface area contributed by atoms with Crippen molar-refractivity contribution in [2.75, 3.05) is 7.11 Å². The van der Waals surface area contributed by atoms with Gasteiger partial charge in [-0.05, 0) is 38.0 Å². The number of fused-ring (bicyclic) bond motifs is 2. The highest BCUT2D eigenvalue weighted by Crippen LogP contribution is 2.51. The van der Waals surface area contributed by atoms with Crippen LogP contribution in [-0.2, 0) is 4.74 Å². The lowest BCUT2D eigenvalue weighted by atomic mass is 9.85. The lowest BCUT2D eigenvalue weighted by Gasteiger charge is -2.24. The monoisotopic (exact) mass is 237 g/mol. The molecule has 2 saturated carbocycles. The summed E-state index contributed by atoms with van der Waals surface area (Å²) in [4.78, 5) is 4.45. The highest BCUT2D eigenvalue weighted by molar-refractivity contribution is 5.11. The van der Waals surface area contributed by atoms with Gasteiger partial charge in [0.05, 0.1) is 5.92 Å². The number of ether oxygens (including phenoxy) is 1. The zero-order valence-electron chi connectivity index (χ0n) is 10.3. The summed E-state index contributed by atoms with van der Waals surface area (Å²) in [6.45, 7) is 1.91. The summed E-state index contributed by atoms with van der Waals surface area (Å²) in [5, 5.41) is 3.98. The number of methoxy groups -OCH3 is 1. The van der Waals surface area contributed by atoms with Crippen LogP contribution >= 0.6 is 0 Å². The molecule has 5 atom stereocenters. The topological polar surface area (TPSA) is 74.2 Å². The Hall–Kier alpha value is -0.940. The highest BCUT2D eigenvalue weighted by Gasteiger charge is 2.48. The molecule has 5 unspecified atom stereocenters. The maximum absolute atomic E-state index is 6.26. The van der Waals surface area contributed by atoms with Crippen LogP contribution in [-0.4, -0.2) is 23.3 Å². The van der Waals surface area contributed by atoms with E-state index in [0.29, 0.717) is 23.6 Å². The van der Waals surface area contributed by atoms with Crippen LogP contribution in [0.1, 0.15) is 49.9 Å². The van der Waals surface area contributed by atoms with E-state index in [1.54, 1.807) is 7.11 Å². The molecular weight excluding hydrogens is 218 g/mol. The summed E-state index contributed by atoms with van der Waals surface area (Å²) in [7, 11) is 1.64. The highest BCUT2D eigenvalue weighted by atomic mass is 16.5. The standard InChI is InChI=1S/C12H19N3O2/c1-6(16-2)11-14-12(17-15-11)9-7-3-4-8(5-7)10(9)13/h6-10H,3-5,13H2,1-2H3. The largest absolute Gasteiger partial charge is 0.374 e. The van der Waals surface area contributed by atoms with E-state index in [1.165, 1.54) is 19.3 Å². The van der Waals surface area contributed by atoms with Crippen molar-refractivity contribution in [3.8, 4) is 0 Å². The molecule has 3 rings (SSSR count). The molecule has 94 valence electrons. The van der Waals surface area contributed by atoms with Gasteiger partial charge in [-0.15, -0.1) is 0 Å². The van der Waals surface area contributed by atoms with Gasteiger partial charge in [-0.1, -0.05) is 5.16 Å². The van der Waals surface area contributed by atoms with Gasteiger partial charge in [-0.25, -0.2) is 0 Å². The Morgan fingerprint density at radius 3 is 2.82 bits per heavy atom. The summed E-state index contributed by atoms with van der Waals surface area (Å²) in [5.41, 5.74) is 6.26. The normalized spacial score (nSPS) is 37.6. The van der Waals surface area contributed by atoms with E-state index in [1.807, 2.05) is 6.92 Å². The average molecular weight is 237 g/mol. The SMILES string of the molecule is COC(C)c1noc(C2C3CCC(C3)C2N)n1. The van der Waals surface area contributed by atoms with E-state index in [2.05, 4.69) is 10.1 Å². The molecule has 1 aromatic heterocycles. The summed E-state index contributed by atoms with van der Waals surface area (Å²) in [5.74, 6) is 2.89. The second kappa shape index (κ2) is 4.07. The van der Waals surface area contributed by atoms with Crippen molar-refractivity contribution in [3.05, 3.63) is 11.7 Å². The summed E-state index contributed by atoms with van der Waals surface area (Å²) >= 11 is 0. The second-order valence-corrected chi connectivity index (χ2v) is 5.31. The lowest BCUT2D eigenvalue weighted by Crippen LogP contribution is -2.34. The van der Waals surface area contributed by atoms with Gasteiger partial charge in [0.2, 0.25) is 5.89 Å². The molecule has 0 radical (unpaired) electrons. The van der Waals surface area contributed by atoms with Gasteiger partial charge in [0, 0.05) is 13.2 Å². The van der Waals surface area contributed by atoms with Gasteiger partial charge in [0.1, 0.15) is 6.10 Å². The minimum Gasteiger partial charge on any atom is -0.374 e. The second-order valence-electron chi connectivity index (χ2n) is 5.31. The lowest BCUT2D eigenvalue weighted by molar-refractivity contribution is 0.109. The molecule has 2 aliphatic rings. The minimum absolute atomic E-state index is 0.123. The Balaban J connectivity index is 1.82. The predicted octanol–water partition coefficient (Wildman–Crippen LogP) is 1.62. The zero-order chi connectivity index (χ0) is 12.0. The van der Waals surface area contributed by atoms with Crippen LogP contribution in [0.25, 0.3) is 0 Å². The van der Waals surface area contributed by atoms with E-state index in [0.717, 1.165) is 0 Å². The zero-order valence-corrected chi connectivity index (χ0v) is 10.3. The molecule has 2 fully saturated rings. The predicted molar refractivity (Wildman–Crippen MR) is 61.3 cm³/mol. The third-order valence-electron chi connectivity index (χ3n) is 4.44. The number of nitrogens with two attached hydrogens (primary N) is 1. The minimum atomic E-state index is -0.123. The molecule has 2 N–H and O–H groups in total. The van der Waals surface area contributed by atoms with Crippen molar-refractivity contribution in [2.45, 2.75) is 44.2 Å². The number of nitrogens with zero attached hydrogens (tertiary/aromatic N) is 2. The third-order valence-corrected chi connectivity index (χ3v) is 4.44. The van der Waals surface area contributed by atoms with Crippen molar-refractivity contribution >= 4 is 0 Å². The summed E-state index contributed by atoms with van der Waals surface area (Å²) in [6.07, 6.45) is 3.61. The van der Waals surface area contributed by atoms with E-state index in [4.69, 9.17) is 15.0 Å². The molecular formula is C12H19N3O2. The van der Waals surface area contributed by atoms with Crippen LogP contribution in [0.5, 0.6) is 0 Å². The Labute approximate surface area is 101 Å². The fraction of sp³-hybridized carbons (Fsp3) is 0.833. The first-order valence-corrected chi connectivity index (χ1v) is 6.32. The molecule has 1 aromatic rings. The van der Waals surface area contributed by atoms with Gasteiger partial charge in [0.25, 0.3) is 0 Å². The molecule has 0 spiro atoms. The number of hydrogen-bond acceptors (Lipinski definition) is 5. The first-order valence-electron chi connectivity index (χ1n) is 6.32. The number of rotatable bonds is 3. The van der Waals surface area contributed by atoms with Crippen molar-refractivity contribution < 1.29 is 9.26 Å². The van der Waals surface area contributed by atoms with Crippen LogP contribution in [0.15, 0.2) is 4.52 Å². The van der Waals surface area contributed by atoms with Crippen molar-refractivity contribution in [3.63, 3.8) is 0 Å². The molecule has 2 bridgehead atoms. The van der Waals surface area contributed by atoms with Crippen LogP contribution in [0, 0.1) is 11.8 Å². The van der Waals surface area contributed by atoms with Crippen molar-refractivity contribution in [1.29, 1.82) is 0 Å². The molecule has 0 aromatic carbocycles. The van der Waals surface area contributed by atoms with Crippen LogP contribution < -0.4 is 5.73 Å². The van der Waals surface area contributed by atoms with Crippen LogP contribution in [0.3, 0.4) is 0 Å². The van der Waals surface area contributed by atoms with E-state index < -0.39 is 0 Å². The smallest absolute Gasteiger partial charge is 0.231 e. The molecule has 0 amide bonds. The Bertz CT molecular complexity index is 404. The number of aromatic nitrogens is 2. The molecule has 5 heteroatoms. The van der Waals surface area contributed by atoms with E-state index in [-0.39, 0.29) is 18.1 Å². The van der Waals surface area contributed by atoms with Gasteiger partial charge >= 0.3 is 0 Å². The van der Waals surface area contributed by atoms with Crippen molar-refractivity contribution in [1.82, 2.24) is 10.1 Å². The molecule has 0 saturated heterocycles. The Morgan fingerprint density at radius 1 is 1.41 bits per heavy atom. The first-order chi connectivity index (χ1) is 8.20. The quantitative estimate of drug-likeness (QED) is 0.864. The molecule has 0 aliphatic heterocycles.